The number of benzene rings is 1. The number of pyridine rings is 1. The molecule has 12 heteroatoms. The van der Waals surface area contributed by atoms with Crippen LogP contribution in [0.25, 0.3) is 0 Å². The van der Waals surface area contributed by atoms with E-state index in [4.69, 9.17) is 23.2 Å². The van der Waals surface area contributed by atoms with Gasteiger partial charge in [0.2, 0.25) is 17.7 Å². The van der Waals surface area contributed by atoms with Crippen LogP contribution in [0.3, 0.4) is 0 Å². The molecule has 2 fully saturated rings. The first-order valence-corrected chi connectivity index (χ1v) is 11.2. The molecule has 1 unspecified atom stereocenters. The number of carbonyl (C=O) groups excluding carboxylic acids is 3. The number of amides is 3. The van der Waals surface area contributed by atoms with Crippen molar-refractivity contribution < 1.29 is 27.6 Å². The number of carbonyl (C=O) groups is 3. The van der Waals surface area contributed by atoms with E-state index >= 15 is 0 Å². The summed E-state index contributed by atoms with van der Waals surface area (Å²) in [5.41, 5.74) is 0.223. The Kier molecular flexibility index (Phi) is 6.73. The smallest absolute Gasteiger partial charge is 0.252 e. The Labute approximate surface area is 202 Å². The average Bonchev–Trinajstić information content (AvgIpc) is 3.11. The summed E-state index contributed by atoms with van der Waals surface area (Å²) in [6.07, 6.45) is 1.18. The molecule has 1 aliphatic heterocycles. The molecule has 1 aliphatic carbocycles. The molecule has 1 aromatic carbocycles. The summed E-state index contributed by atoms with van der Waals surface area (Å²) in [4.78, 5) is 43.9. The fraction of sp³-hybridized carbons (Fsp3) is 0.364. The van der Waals surface area contributed by atoms with Crippen LogP contribution in [0.5, 0.6) is 0 Å². The molecule has 1 saturated carbocycles. The van der Waals surface area contributed by atoms with E-state index in [-0.39, 0.29) is 34.1 Å². The summed E-state index contributed by atoms with van der Waals surface area (Å²) in [5, 5.41) is 5.13. The van der Waals surface area contributed by atoms with Gasteiger partial charge < -0.3 is 15.5 Å². The Morgan fingerprint density at radius 3 is 2.62 bits per heavy atom. The van der Waals surface area contributed by atoms with E-state index in [1.165, 1.54) is 24.4 Å². The van der Waals surface area contributed by atoms with Crippen molar-refractivity contribution in [3.8, 4) is 0 Å². The van der Waals surface area contributed by atoms with Crippen molar-refractivity contribution in [2.75, 3.05) is 5.32 Å². The molecule has 180 valence electrons. The molecule has 7 nitrogen and oxygen atoms in total. The average molecular weight is 515 g/mol. The maximum absolute atomic E-state index is 13.5. The molecule has 1 aromatic heterocycles. The first-order valence-electron chi connectivity index (χ1n) is 10.4. The fourth-order valence-electron chi connectivity index (χ4n) is 4.18. The number of likely N-dealkylation sites (tertiary alicyclic amines) is 1. The zero-order chi connectivity index (χ0) is 24.6. The topological polar surface area (TPSA) is 91.4 Å². The molecular formula is C22H19Cl2F3N4O3. The number of alkyl halides is 2. The van der Waals surface area contributed by atoms with Crippen LogP contribution in [0.15, 0.2) is 36.7 Å². The van der Waals surface area contributed by atoms with Crippen molar-refractivity contribution in [1.82, 2.24) is 15.2 Å². The zero-order valence-corrected chi connectivity index (χ0v) is 19.0. The van der Waals surface area contributed by atoms with Crippen molar-refractivity contribution in [2.45, 2.75) is 49.7 Å². The summed E-state index contributed by atoms with van der Waals surface area (Å²) in [6.45, 7) is 0. The number of nitrogens with zero attached hydrogens (tertiary/aromatic N) is 2. The van der Waals surface area contributed by atoms with E-state index in [1.807, 2.05) is 0 Å². The molecule has 0 bridgehead atoms. The van der Waals surface area contributed by atoms with Crippen molar-refractivity contribution in [1.29, 1.82) is 0 Å². The number of hydrogen-bond acceptors (Lipinski definition) is 4. The van der Waals surface area contributed by atoms with Gasteiger partial charge in [0.1, 0.15) is 17.9 Å². The molecule has 0 radical (unpaired) electrons. The predicted molar refractivity (Wildman–Crippen MR) is 118 cm³/mol. The third-order valence-corrected chi connectivity index (χ3v) is 6.60. The Morgan fingerprint density at radius 1 is 1.21 bits per heavy atom. The molecule has 2 aliphatic rings. The van der Waals surface area contributed by atoms with Gasteiger partial charge in [0.15, 0.2) is 0 Å². The quantitative estimate of drug-likeness (QED) is 0.606. The fourth-order valence-corrected chi connectivity index (χ4v) is 4.59. The van der Waals surface area contributed by atoms with Gasteiger partial charge in [-0.1, -0.05) is 35.3 Å². The van der Waals surface area contributed by atoms with Crippen molar-refractivity contribution >= 4 is 46.6 Å². The highest BCUT2D eigenvalue weighted by molar-refractivity contribution is 6.42. The third-order valence-electron chi connectivity index (χ3n) is 5.77. The van der Waals surface area contributed by atoms with E-state index in [1.54, 1.807) is 0 Å². The minimum Gasteiger partial charge on any atom is -0.351 e. The van der Waals surface area contributed by atoms with Gasteiger partial charge in [0.25, 0.3) is 5.92 Å². The second-order valence-electron chi connectivity index (χ2n) is 8.25. The molecule has 2 aromatic rings. The lowest BCUT2D eigenvalue weighted by Gasteiger charge is -2.38. The Bertz CT molecular complexity index is 1140. The van der Waals surface area contributed by atoms with Crippen molar-refractivity contribution in [3.63, 3.8) is 0 Å². The molecule has 4 rings (SSSR count). The van der Waals surface area contributed by atoms with Crippen LogP contribution in [0.1, 0.15) is 37.3 Å². The molecule has 3 amide bonds. The van der Waals surface area contributed by atoms with Gasteiger partial charge in [-0.2, -0.15) is 0 Å². The normalized spacial score (nSPS) is 20.6. The van der Waals surface area contributed by atoms with Gasteiger partial charge >= 0.3 is 0 Å². The summed E-state index contributed by atoms with van der Waals surface area (Å²) >= 11 is 12.5. The van der Waals surface area contributed by atoms with Crippen LogP contribution in [0.4, 0.5) is 18.9 Å². The standard InChI is InChI=1S/C22H19Cl2F3N4O3/c23-15-3-1-2-14(18(15)24)19(21(34)30-13-7-22(26,27)8-13)31-16(4-5-17(31)32)20(33)29-12-6-11(25)9-28-10-12/h1-3,6,9-10,13,16,19H,4-5,7-8H2,(H,29,33)(H,30,34)/t16?,19-/m0/s1. The van der Waals surface area contributed by atoms with E-state index < -0.39 is 60.4 Å². The third kappa shape index (κ3) is 4.97. The highest BCUT2D eigenvalue weighted by atomic mass is 35.5. The number of halogens is 5. The van der Waals surface area contributed by atoms with Crippen LogP contribution in [0, 0.1) is 5.82 Å². The number of aromatic nitrogens is 1. The van der Waals surface area contributed by atoms with Gasteiger partial charge in [0.05, 0.1) is 28.1 Å². The Balaban J connectivity index is 1.65. The second-order valence-corrected chi connectivity index (χ2v) is 9.04. The Hall–Kier alpha value is -2.85. The zero-order valence-electron chi connectivity index (χ0n) is 17.5. The summed E-state index contributed by atoms with van der Waals surface area (Å²) in [6, 6.07) is 2.26. The Morgan fingerprint density at radius 2 is 1.94 bits per heavy atom. The van der Waals surface area contributed by atoms with Gasteiger partial charge in [-0.15, -0.1) is 0 Å². The predicted octanol–water partition coefficient (Wildman–Crippen LogP) is 4.11. The first-order chi connectivity index (χ1) is 16.1. The molecule has 2 N–H and O–H groups in total. The van der Waals surface area contributed by atoms with Gasteiger partial charge in [-0.3, -0.25) is 19.4 Å². The lowest BCUT2D eigenvalue weighted by molar-refractivity contribution is -0.145. The van der Waals surface area contributed by atoms with Crippen LogP contribution in [-0.4, -0.2) is 45.6 Å². The van der Waals surface area contributed by atoms with Crippen LogP contribution in [0.2, 0.25) is 10.0 Å². The van der Waals surface area contributed by atoms with E-state index in [0.29, 0.717) is 0 Å². The van der Waals surface area contributed by atoms with Crippen LogP contribution >= 0.6 is 23.2 Å². The number of rotatable bonds is 6. The van der Waals surface area contributed by atoms with Gasteiger partial charge in [-0.25, -0.2) is 13.2 Å². The van der Waals surface area contributed by atoms with Gasteiger partial charge in [-0.05, 0) is 12.5 Å². The van der Waals surface area contributed by atoms with E-state index in [0.717, 1.165) is 17.2 Å². The molecule has 1 saturated heterocycles. The lowest BCUT2D eigenvalue weighted by atomic mass is 9.87. The maximum Gasteiger partial charge on any atom is 0.252 e. The number of anilines is 1. The monoisotopic (exact) mass is 514 g/mol. The first kappa shape index (κ1) is 24.3. The van der Waals surface area contributed by atoms with Crippen LogP contribution < -0.4 is 10.6 Å². The summed E-state index contributed by atoms with van der Waals surface area (Å²) in [5.74, 6) is -5.47. The maximum atomic E-state index is 13.5. The molecule has 2 heterocycles. The second kappa shape index (κ2) is 9.42. The van der Waals surface area contributed by atoms with Crippen molar-refractivity contribution in [3.05, 3.63) is 58.1 Å². The van der Waals surface area contributed by atoms with Crippen molar-refractivity contribution in [2.24, 2.45) is 0 Å². The van der Waals surface area contributed by atoms with Crippen LogP contribution in [-0.2, 0) is 14.4 Å². The van der Waals surface area contributed by atoms with Gasteiger partial charge in [0, 0.05) is 36.9 Å². The largest absolute Gasteiger partial charge is 0.351 e. The minimum atomic E-state index is -2.87. The highest BCUT2D eigenvalue weighted by Crippen LogP contribution is 2.40. The number of hydrogen-bond donors (Lipinski definition) is 2. The minimum absolute atomic E-state index is 0.00329. The molecule has 34 heavy (non-hydrogen) atoms. The number of nitrogens with one attached hydrogen (secondary N) is 2. The highest BCUT2D eigenvalue weighted by Gasteiger charge is 2.49. The lowest BCUT2D eigenvalue weighted by Crippen LogP contribution is -2.55. The molecular weight excluding hydrogens is 496 g/mol. The SMILES string of the molecule is O=C(Nc1cncc(F)c1)C1CCC(=O)N1[C@H](C(=O)NC1CC(F)(F)C1)c1cccc(Cl)c1Cl. The van der Waals surface area contributed by atoms with E-state index in [9.17, 15) is 27.6 Å². The molecule has 2 atom stereocenters. The summed E-state index contributed by atoms with van der Waals surface area (Å²) < 4.78 is 40.1. The summed E-state index contributed by atoms with van der Waals surface area (Å²) in [7, 11) is 0. The van der Waals surface area contributed by atoms with E-state index in [2.05, 4.69) is 15.6 Å². The molecule has 0 spiro atoms.